The average molecular weight is 387 g/mol. The van der Waals surface area contributed by atoms with Crippen molar-refractivity contribution in [2.45, 2.75) is 50.6 Å². The van der Waals surface area contributed by atoms with Crippen molar-refractivity contribution in [2.75, 3.05) is 11.9 Å². The number of amides is 1. The Balaban J connectivity index is 1.65. The molecular formula is C19H23ClN6O. The Hall–Kier alpha value is -2.41. The molecule has 1 aliphatic carbocycles. The minimum Gasteiger partial charge on any atom is -0.369 e. The van der Waals surface area contributed by atoms with Crippen molar-refractivity contribution in [3.8, 4) is 0 Å². The minimum atomic E-state index is -0.645. The molecule has 4 N–H and O–H groups in total. The maximum absolute atomic E-state index is 11.7. The van der Waals surface area contributed by atoms with Crippen LogP contribution in [-0.4, -0.2) is 40.3 Å². The SMILES string of the molecule is NC(=O)c1nc(N[C@H]2CCCC[C@H]2NC2=NCCC2)c2cc(Cl)ccc2n1. The van der Waals surface area contributed by atoms with Gasteiger partial charge in [-0.1, -0.05) is 24.4 Å². The smallest absolute Gasteiger partial charge is 0.286 e. The Morgan fingerprint density at radius 1 is 1.11 bits per heavy atom. The Morgan fingerprint density at radius 2 is 1.89 bits per heavy atom. The van der Waals surface area contributed by atoms with Crippen LogP contribution in [0, 0.1) is 0 Å². The van der Waals surface area contributed by atoms with E-state index in [1.807, 2.05) is 6.07 Å². The lowest BCUT2D eigenvalue weighted by atomic mass is 9.90. The van der Waals surface area contributed by atoms with Crippen LogP contribution in [0.2, 0.25) is 5.02 Å². The molecule has 2 aromatic rings. The number of hydrogen-bond acceptors (Lipinski definition) is 6. The lowest BCUT2D eigenvalue weighted by molar-refractivity contribution is 0.0991. The third-order valence-corrected chi connectivity index (χ3v) is 5.43. The van der Waals surface area contributed by atoms with E-state index in [9.17, 15) is 4.79 Å². The molecule has 2 heterocycles. The number of carbonyl (C=O) groups excluding carboxylic acids is 1. The summed E-state index contributed by atoms with van der Waals surface area (Å²) in [5.74, 6) is 1.06. The van der Waals surface area contributed by atoms with Crippen molar-refractivity contribution in [3.63, 3.8) is 0 Å². The molecule has 1 aromatic carbocycles. The zero-order valence-corrected chi connectivity index (χ0v) is 15.8. The lowest BCUT2D eigenvalue weighted by Crippen LogP contribution is -2.48. The van der Waals surface area contributed by atoms with Gasteiger partial charge in [-0.2, -0.15) is 0 Å². The number of anilines is 1. The highest BCUT2D eigenvalue weighted by atomic mass is 35.5. The number of halogens is 1. The summed E-state index contributed by atoms with van der Waals surface area (Å²) in [6.07, 6.45) is 6.55. The Bertz CT molecular complexity index is 899. The lowest BCUT2D eigenvalue weighted by Gasteiger charge is -2.34. The molecule has 0 bridgehead atoms. The van der Waals surface area contributed by atoms with Crippen molar-refractivity contribution in [1.29, 1.82) is 0 Å². The normalized spacial score (nSPS) is 22.5. The first-order chi connectivity index (χ1) is 13.1. The second-order valence-corrected chi connectivity index (χ2v) is 7.58. The molecule has 1 aliphatic heterocycles. The van der Waals surface area contributed by atoms with Crippen LogP contribution in [0.15, 0.2) is 23.2 Å². The van der Waals surface area contributed by atoms with Crippen molar-refractivity contribution < 1.29 is 4.79 Å². The van der Waals surface area contributed by atoms with Crippen molar-refractivity contribution >= 4 is 40.1 Å². The first-order valence-corrected chi connectivity index (χ1v) is 9.81. The number of amidine groups is 1. The van der Waals surface area contributed by atoms with Crippen LogP contribution in [0.1, 0.15) is 49.1 Å². The van der Waals surface area contributed by atoms with Crippen LogP contribution in [0.25, 0.3) is 10.9 Å². The van der Waals surface area contributed by atoms with Crippen LogP contribution in [-0.2, 0) is 0 Å². The predicted octanol–water partition coefficient (Wildman–Crippen LogP) is 2.89. The molecule has 0 spiro atoms. The van der Waals surface area contributed by atoms with Crippen LogP contribution < -0.4 is 16.4 Å². The Labute approximate surface area is 162 Å². The number of nitrogens with one attached hydrogen (secondary N) is 2. The number of fused-ring (bicyclic) bond motifs is 1. The highest BCUT2D eigenvalue weighted by molar-refractivity contribution is 6.31. The van der Waals surface area contributed by atoms with E-state index < -0.39 is 5.91 Å². The third-order valence-electron chi connectivity index (χ3n) is 5.19. The van der Waals surface area contributed by atoms with E-state index in [2.05, 4.69) is 25.6 Å². The van der Waals surface area contributed by atoms with Gasteiger partial charge in [-0.05, 0) is 37.5 Å². The molecule has 1 aromatic heterocycles. The quantitative estimate of drug-likeness (QED) is 0.749. The zero-order valence-electron chi connectivity index (χ0n) is 15.0. The highest BCUT2D eigenvalue weighted by Gasteiger charge is 2.27. The molecule has 1 fully saturated rings. The largest absolute Gasteiger partial charge is 0.369 e. The van der Waals surface area contributed by atoms with E-state index in [1.165, 1.54) is 6.42 Å². The minimum absolute atomic E-state index is 0.00723. The number of primary amides is 1. The van der Waals surface area contributed by atoms with E-state index in [1.54, 1.807) is 12.1 Å². The topological polar surface area (TPSA) is 105 Å². The fourth-order valence-corrected chi connectivity index (χ4v) is 4.02. The van der Waals surface area contributed by atoms with Crippen LogP contribution in [0.5, 0.6) is 0 Å². The summed E-state index contributed by atoms with van der Waals surface area (Å²) in [6, 6.07) is 5.79. The monoisotopic (exact) mass is 386 g/mol. The average Bonchev–Trinajstić information content (AvgIpc) is 3.16. The van der Waals surface area contributed by atoms with E-state index in [0.29, 0.717) is 16.4 Å². The predicted molar refractivity (Wildman–Crippen MR) is 107 cm³/mol. The van der Waals surface area contributed by atoms with Crippen molar-refractivity contribution in [2.24, 2.45) is 10.7 Å². The molecule has 0 unspecified atom stereocenters. The number of carbonyl (C=O) groups is 1. The molecule has 4 rings (SSSR count). The van der Waals surface area contributed by atoms with E-state index in [-0.39, 0.29) is 17.9 Å². The maximum Gasteiger partial charge on any atom is 0.286 e. The van der Waals surface area contributed by atoms with E-state index in [4.69, 9.17) is 17.3 Å². The number of hydrogen-bond donors (Lipinski definition) is 3. The molecule has 8 heteroatoms. The van der Waals surface area contributed by atoms with Crippen LogP contribution in [0.4, 0.5) is 5.82 Å². The zero-order chi connectivity index (χ0) is 18.8. The fraction of sp³-hybridized carbons (Fsp3) is 0.474. The Kier molecular flexibility index (Phi) is 5.11. The summed E-state index contributed by atoms with van der Waals surface area (Å²) in [7, 11) is 0. The molecule has 0 radical (unpaired) electrons. The van der Waals surface area contributed by atoms with Crippen molar-refractivity contribution in [3.05, 3.63) is 29.0 Å². The summed E-state index contributed by atoms with van der Waals surface area (Å²) < 4.78 is 0. The molecular weight excluding hydrogens is 364 g/mol. The first-order valence-electron chi connectivity index (χ1n) is 9.43. The van der Waals surface area contributed by atoms with Gasteiger partial charge in [0.25, 0.3) is 5.91 Å². The van der Waals surface area contributed by atoms with Gasteiger partial charge >= 0.3 is 0 Å². The maximum atomic E-state index is 11.7. The number of nitrogens with two attached hydrogens (primary N) is 1. The summed E-state index contributed by atoms with van der Waals surface area (Å²) in [5, 5.41) is 8.53. The van der Waals surface area contributed by atoms with Gasteiger partial charge in [0.15, 0.2) is 0 Å². The summed E-state index contributed by atoms with van der Waals surface area (Å²) in [6.45, 7) is 0.907. The van der Waals surface area contributed by atoms with Gasteiger partial charge in [-0.15, -0.1) is 0 Å². The molecule has 2 atom stereocenters. The van der Waals surface area contributed by atoms with Gasteiger partial charge in [0, 0.05) is 35.5 Å². The van der Waals surface area contributed by atoms with Crippen molar-refractivity contribution in [1.82, 2.24) is 15.3 Å². The van der Waals surface area contributed by atoms with Gasteiger partial charge in [-0.3, -0.25) is 9.79 Å². The molecule has 7 nitrogen and oxygen atoms in total. The Morgan fingerprint density at radius 3 is 2.59 bits per heavy atom. The fourth-order valence-electron chi connectivity index (χ4n) is 3.84. The van der Waals surface area contributed by atoms with Crippen LogP contribution in [0.3, 0.4) is 0 Å². The number of aromatic nitrogens is 2. The van der Waals surface area contributed by atoms with E-state index >= 15 is 0 Å². The van der Waals surface area contributed by atoms with Gasteiger partial charge < -0.3 is 16.4 Å². The standard InChI is InChI=1S/C19H23ClN6O/c20-11-7-8-13-12(10-11)18(26-19(24-13)17(21)27)25-15-5-2-1-4-14(15)23-16-6-3-9-22-16/h7-8,10,14-15H,1-6,9H2,(H2,21,27)(H,22,23)(H,24,25,26)/t14-,15+/m1/s1. The molecule has 1 amide bonds. The van der Waals surface area contributed by atoms with Gasteiger partial charge in [0.1, 0.15) is 5.82 Å². The molecule has 0 saturated heterocycles. The first kappa shape index (κ1) is 18.0. The number of rotatable bonds is 4. The summed E-state index contributed by atoms with van der Waals surface area (Å²) in [4.78, 5) is 24.9. The second-order valence-electron chi connectivity index (χ2n) is 7.14. The summed E-state index contributed by atoms with van der Waals surface area (Å²) >= 11 is 6.17. The van der Waals surface area contributed by atoms with Crippen LogP contribution >= 0.6 is 11.6 Å². The summed E-state index contributed by atoms with van der Waals surface area (Å²) in [5.41, 5.74) is 6.07. The second kappa shape index (κ2) is 7.68. The molecule has 27 heavy (non-hydrogen) atoms. The number of nitrogens with zero attached hydrogens (tertiary/aromatic N) is 3. The van der Waals surface area contributed by atoms with Gasteiger partial charge in [0.2, 0.25) is 5.82 Å². The molecule has 1 saturated carbocycles. The van der Waals surface area contributed by atoms with Gasteiger partial charge in [0.05, 0.1) is 11.4 Å². The molecule has 2 aliphatic rings. The number of benzene rings is 1. The van der Waals surface area contributed by atoms with Gasteiger partial charge in [-0.25, -0.2) is 9.97 Å². The highest BCUT2D eigenvalue weighted by Crippen LogP contribution is 2.28. The molecule has 142 valence electrons. The van der Waals surface area contributed by atoms with E-state index in [0.717, 1.165) is 49.9 Å². The third kappa shape index (κ3) is 3.98. The number of aliphatic imine (C=N–C) groups is 1.